The normalized spacial score (nSPS) is 17.3. The predicted octanol–water partition coefficient (Wildman–Crippen LogP) is 3.85. The van der Waals surface area contributed by atoms with Crippen LogP contribution in [0.4, 0.5) is 24.5 Å². The second kappa shape index (κ2) is 8.93. The number of benzene rings is 2. The van der Waals surface area contributed by atoms with E-state index in [2.05, 4.69) is 19.9 Å². The largest absolute Gasteiger partial charge is 0.573 e. The highest BCUT2D eigenvalue weighted by Gasteiger charge is 2.32. The molecule has 29 heavy (non-hydrogen) atoms. The summed E-state index contributed by atoms with van der Waals surface area (Å²) in [6, 6.07) is 13.5. The van der Waals surface area contributed by atoms with Gasteiger partial charge in [-0.3, -0.25) is 4.99 Å². The van der Waals surface area contributed by atoms with Crippen molar-refractivity contribution >= 4 is 17.3 Å². The molecule has 1 atom stereocenters. The molecular formula is C20H23F3N4O2. The summed E-state index contributed by atoms with van der Waals surface area (Å²) in [4.78, 5) is 6.53. The molecule has 0 aromatic heterocycles. The van der Waals surface area contributed by atoms with E-state index in [0.717, 1.165) is 30.9 Å². The number of aliphatic imine (C=N–C) groups is 1. The Morgan fingerprint density at radius 2 is 1.86 bits per heavy atom. The summed E-state index contributed by atoms with van der Waals surface area (Å²) in [7, 11) is 1.64. The van der Waals surface area contributed by atoms with Crippen LogP contribution in [0.15, 0.2) is 53.5 Å². The van der Waals surface area contributed by atoms with Gasteiger partial charge in [0, 0.05) is 19.6 Å². The molecule has 0 amide bonds. The molecule has 156 valence electrons. The van der Waals surface area contributed by atoms with Crippen molar-refractivity contribution in [3.05, 3.63) is 48.5 Å². The molecule has 1 fully saturated rings. The first-order chi connectivity index (χ1) is 13.9. The number of ether oxygens (including phenoxy) is 2. The van der Waals surface area contributed by atoms with E-state index in [1.165, 1.54) is 18.2 Å². The Labute approximate surface area is 167 Å². The minimum atomic E-state index is -4.78. The number of hydrogen-bond donors (Lipinski definition) is 2. The second-order valence-corrected chi connectivity index (χ2v) is 6.67. The van der Waals surface area contributed by atoms with Gasteiger partial charge in [0.15, 0.2) is 11.7 Å². The van der Waals surface area contributed by atoms with Gasteiger partial charge >= 0.3 is 6.36 Å². The molecule has 0 radical (unpaired) electrons. The van der Waals surface area contributed by atoms with Crippen LogP contribution >= 0.6 is 0 Å². The Balaban J connectivity index is 1.59. The van der Waals surface area contributed by atoms with Crippen LogP contribution in [0.1, 0.15) is 6.42 Å². The molecule has 3 N–H and O–H groups in total. The van der Waals surface area contributed by atoms with Crippen LogP contribution < -0.4 is 25.4 Å². The lowest BCUT2D eigenvalue weighted by molar-refractivity contribution is -0.274. The first-order valence-corrected chi connectivity index (χ1v) is 9.15. The smallest absolute Gasteiger partial charge is 0.495 e. The number of rotatable bonds is 6. The molecule has 2 aromatic carbocycles. The summed E-state index contributed by atoms with van der Waals surface area (Å²) in [6.45, 7) is 2.13. The first-order valence-electron chi connectivity index (χ1n) is 9.15. The summed E-state index contributed by atoms with van der Waals surface area (Å²) in [5.41, 5.74) is 7.01. The van der Waals surface area contributed by atoms with Crippen LogP contribution in [0.25, 0.3) is 0 Å². The van der Waals surface area contributed by atoms with Crippen molar-refractivity contribution in [3.63, 3.8) is 0 Å². The van der Waals surface area contributed by atoms with Crippen molar-refractivity contribution in [3.8, 4) is 11.5 Å². The third-order valence-corrected chi connectivity index (χ3v) is 4.61. The molecule has 1 aliphatic rings. The zero-order valence-corrected chi connectivity index (χ0v) is 15.9. The molecule has 2 aromatic rings. The molecular weight excluding hydrogens is 385 g/mol. The van der Waals surface area contributed by atoms with Crippen molar-refractivity contribution in [2.75, 3.05) is 37.0 Å². The van der Waals surface area contributed by atoms with E-state index in [1.54, 1.807) is 13.2 Å². The molecule has 1 heterocycles. The fourth-order valence-corrected chi connectivity index (χ4v) is 3.28. The zero-order valence-electron chi connectivity index (χ0n) is 15.9. The van der Waals surface area contributed by atoms with Gasteiger partial charge in [0.05, 0.1) is 18.5 Å². The van der Waals surface area contributed by atoms with Crippen LogP contribution in [0, 0.1) is 5.92 Å². The second-order valence-electron chi connectivity index (χ2n) is 6.67. The average Bonchev–Trinajstić information content (AvgIpc) is 3.16. The minimum Gasteiger partial charge on any atom is -0.495 e. The molecule has 0 saturated carbocycles. The molecule has 0 bridgehead atoms. The summed E-state index contributed by atoms with van der Waals surface area (Å²) >= 11 is 0. The van der Waals surface area contributed by atoms with Crippen molar-refractivity contribution < 1.29 is 22.6 Å². The fourth-order valence-electron chi connectivity index (χ4n) is 3.28. The van der Waals surface area contributed by atoms with Gasteiger partial charge in [0.1, 0.15) is 5.75 Å². The Bertz CT molecular complexity index is 858. The third kappa shape index (κ3) is 5.69. The Morgan fingerprint density at radius 3 is 2.59 bits per heavy atom. The van der Waals surface area contributed by atoms with Crippen LogP contribution in [0.3, 0.4) is 0 Å². The van der Waals surface area contributed by atoms with Gasteiger partial charge in [-0.15, -0.1) is 13.2 Å². The lowest BCUT2D eigenvalue weighted by Crippen LogP contribution is -2.26. The van der Waals surface area contributed by atoms with Crippen LogP contribution in [-0.4, -0.2) is 39.1 Å². The molecule has 0 spiro atoms. The summed E-state index contributed by atoms with van der Waals surface area (Å²) in [5, 5.41) is 2.69. The lowest BCUT2D eigenvalue weighted by Gasteiger charge is -2.21. The van der Waals surface area contributed by atoms with Crippen LogP contribution in [0.2, 0.25) is 0 Å². The van der Waals surface area contributed by atoms with Crippen LogP contribution in [0.5, 0.6) is 11.5 Å². The highest BCUT2D eigenvalue weighted by Crippen LogP contribution is 2.32. The van der Waals surface area contributed by atoms with Crippen molar-refractivity contribution in [2.24, 2.45) is 16.6 Å². The number of hydrogen-bond acceptors (Lipinski definition) is 4. The maximum atomic E-state index is 12.5. The zero-order chi connectivity index (χ0) is 20.9. The van der Waals surface area contributed by atoms with E-state index in [4.69, 9.17) is 10.5 Å². The molecule has 6 nitrogen and oxygen atoms in total. The molecule has 1 saturated heterocycles. The van der Waals surface area contributed by atoms with Gasteiger partial charge in [-0.05, 0) is 36.6 Å². The molecule has 0 aliphatic carbocycles. The number of alkyl halides is 3. The maximum Gasteiger partial charge on any atom is 0.573 e. The third-order valence-electron chi connectivity index (χ3n) is 4.61. The number of halogens is 3. The Hall–Kier alpha value is -3.10. The molecule has 1 unspecified atom stereocenters. The van der Waals surface area contributed by atoms with Crippen molar-refractivity contribution in [1.82, 2.24) is 0 Å². The van der Waals surface area contributed by atoms with E-state index in [1.807, 2.05) is 24.3 Å². The molecule has 1 aliphatic heterocycles. The van der Waals surface area contributed by atoms with Crippen molar-refractivity contribution in [2.45, 2.75) is 12.8 Å². The SMILES string of the molecule is COc1ccccc1N1CCC(CN=C(N)Nc2ccccc2OC(F)(F)F)C1. The Morgan fingerprint density at radius 1 is 1.17 bits per heavy atom. The predicted molar refractivity (Wildman–Crippen MR) is 107 cm³/mol. The summed E-state index contributed by atoms with van der Waals surface area (Å²) in [5.74, 6) is 0.779. The minimum absolute atomic E-state index is 0.0407. The van der Waals surface area contributed by atoms with Gasteiger partial charge in [-0.2, -0.15) is 0 Å². The number of para-hydroxylation sites is 4. The quantitative estimate of drug-likeness (QED) is 0.561. The Kier molecular flexibility index (Phi) is 6.36. The standard InChI is InChI=1S/C20H23F3N4O2/c1-28-18-9-5-3-7-16(18)27-11-10-14(13-27)12-25-19(24)26-15-6-2-4-8-17(15)29-20(21,22)23/h2-9,14H,10-13H2,1H3,(H3,24,25,26). The summed E-state index contributed by atoms with van der Waals surface area (Å²) < 4.78 is 47.0. The topological polar surface area (TPSA) is 72.1 Å². The van der Waals surface area contributed by atoms with E-state index in [0.29, 0.717) is 6.54 Å². The first kappa shape index (κ1) is 20.6. The van der Waals surface area contributed by atoms with Gasteiger partial charge in [0.25, 0.3) is 0 Å². The number of anilines is 2. The van der Waals surface area contributed by atoms with E-state index in [-0.39, 0.29) is 23.3 Å². The van der Waals surface area contributed by atoms with Gasteiger partial charge in [-0.1, -0.05) is 24.3 Å². The van der Waals surface area contributed by atoms with Crippen molar-refractivity contribution in [1.29, 1.82) is 0 Å². The number of nitrogens with one attached hydrogen (secondary N) is 1. The lowest BCUT2D eigenvalue weighted by atomic mass is 10.1. The highest BCUT2D eigenvalue weighted by atomic mass is 19.4. The number of guanidine groups is 1. The van der Waals surface area contributed by atoms with Gasteiger partial charge < -0.3 is 25.4 Å². The number of nitrogens with two attached hydrogens (primary N) is 1. The molecule has 3 rings (SSSR count). The molecule has 9 heteroatoms. The van der Waals surface area contributed by atoms with E-state index in [9.17, 15) is 13.2 Å². The van der Waals surface area contributed by atoms with Gasteiger partial charge in [-0.25, -0.2) is 0 Å². The fraction of sp³-hybridized carbons (Fsp3) is 0.350. The summed E-state index contributed by atoms with van der Waals surface area (Å²) in [6.07, 6.45) is -3.85. The number of nitrogens with zero attached hydrogens (tertiary/aromatic N) is 2. The average molecular weight is 408 g/mol. The van der Waals surface area contributed by atoms with E-state index >= 15 is 0 Å². The highest BCUT2D eigenvalue weighted by molar-refractivity contribution is 5.93. The van der Waals surface area contributed by atoms with Crippen LogP contribution in [-0.2, 0) is 0 Å². The monoisotopic (exact) mass is 408 g/mol. The maximum absolute atomic E-state index is 12.5. The van der Waals surface area contributed by atoms with Gasteiger partial charge in [0.2, 0.25) is 0 Å². The number of methoxy groups -OCH3 is 1. The van der Waals surface area contributed by atoms with E-state index < -0.39 is 6.36 Å².